The Balaban J connectivity index is 1.51. The molecule has 1 aliphatic heterocycles. The van der Waals surface area contributed by atoms with Crippen LogP contribution < -0.4 is 0 Å². The molecule has 0 aromatic heterocycles. The largest absolute Gasteiger partial charge is 0.342 e. The van der Waals surface area contributed by atoms with Crippen molar-refractivity contribution in [3.63, 3.8) is 0 Å². The van der Waals surface area contributed by atoms with E-state index >= 15 is 0 Å². The van der Waals surface area contributed by atoms with Gasteiger partial charge in [-0.15, -0.1) is 0 Å². The third kappa shape index (κ3) is 4.39. The topological polar surface area (TPSA) is 18.5 Å². The predicted molar refractivity (Wildman–Crippen MR) is 109 cm³/mol. The van der Waals surface area contributed by atoms with Crippen LogP contribution in [0.15, 0.2) is 48.5 Å². The van der Waals surface area contributed by atoms with Gasteiger partial charge in [0, 0.05) is 17.0 Å². The molecule has 1 saturated carbocycles. The molecular formula is C25H30F2O2. The van der Waals surface area contributed by atoms with Gasteiger partial charge in [0.25, 0.3) is 0 Å². The molecule has 1 heterocycles. The number of hydrogen-bond donors (Lipinski definition) is 0. The Hall–Kier alpha value is -1.78. The Labute approximate surface area is 172 Å². The zero-order valence-electron chi connectivity index (χ0n) is 17.1. The van der Waals surface area contributed by atoms with Gasteiger partial charge in [0.15, 0.2) is 0 Å². The second kappa shape index (κ2) is 8.93. The molecular weight excluding hydrogens is 370 g/mol. The fraction of sp³-hybridized carbons (Fsp3) is 0.520. The van der Waals surface area contributed by atoms with E-state index in [-0.39, 0.29) is 11.6 Å². The molecule has 0 radical (unpaired) electrons. The van der Waals surface area contributed by atoms with Crippen molar-refractivity contribution in [2.45, 2.75) is 51.2 Å². The molecule has 4 heteroatoms. The smallest absolute Gasteiger partial charge is 0.222 e. The first-order chi connectivity index (χ1) is 14.1. The summed E-state index contributed by atoms with van der Waals surface area (Å²) in [5.74, 6) is 0.145. The first-order valence-corrected chi connectivity index (χ1v) is 10.9. The summed E-state index contributed by atoms with van der Waals surface area (Å²) in [6.45, 7) is 3.45. The van der Waals surface area contributed by atoms with Gasteiger partial charge in [0.2, 0.25) is 5.79 Å². The van der Waals surface area contributed by atoms with E-state index in [0.717, 1.165) is 17.0 Å². The maximum Gasteiger partial charge on any atom is 0.222 e. The minimum absolute atomic E-state index is 0.305. The van der Waals surface area contributed by atoms with Crippen molar-refractivity contribution in [1.82, 2.24) is 0 Å². The maximum absolute atomic E-state index is 13.5. The summed E-state index contributed by atoms with van der Waals surface area (Å²) < 4.78 is 39.8. The van der Waals surface area contributed by atoms with Crippen LogP contribution in [0, 0.1) is 29.4 Å². The van der Waals surface area contributed by atoms with Crippen molar-refractivity contribution in [3.05, 3.63) is 71.3 Å². The SMILES string of the molecule is CCCC1CCC(C2COC(c3ccc(F)cc3)(c3ccc(F)cc3)OC2)CC1. The Morgan fingerprint density at radius 1 is 0.759 bits per heavy atom. The first-order valence-electron chi connectivity index (χ1n) is 10.9. The number of ether oxygens (including phenoxy) is 2. The molecule has 4 rings (SSSR count). The van der Waals surface area contributed by atoms with Crippen molar-refractivity contribution < 1.29 is 18.3 Å². The van der Waals surface area contributed by atoms with Gasteiger partial charge in [-0.25, -0.2) is 8.78 Å². The van der Waals surface area contributed by atoms with Gasteiger partial charge in [0.1, 0.15) is 11.6 Å². The van der Waals surface area contributed by atoms with Gasteiger partial charge in [-0.3, -0.25) is 0 Å². The van der Waals surface area contributed by atoms with Gasteiger partial charge >= 0.3 is 0 Å². The lowest BCUT2D eigenvalue weighted by molar-refractivity contribution is -0.274. The Morgan fingerprint density at radius 3 is 1.69 bits per heavy atom. The van der Waals surface area contributed by atoms with E-state index in [1.807, 2.05) is 0 Å². The third-order valence-corrected chi connectivity index (χ3v) is 6.70. The van der Waals surface area contributed by atoms with Crippen LogP contribution in [-0.2, 0) is 15.3 Å². The van der Waals surface area contributed by atoms with E-state index in [1.165, 1.54) is 62.8 Å². The van der Waals surface area contributed by atoms with Crippen LogP contribution in [0.25, 0.3) is 0 Å². The zero-order valence-corrected chi connectivity index (χ0v) is 17.1. The molecule has 2 aromatic rings. The summed E-state index contributed by atoms with van der Waals surface area (Å²) in [4.78, 5) is 0. The van der Waals surface area contributed by atoms with Crippen LogP contribution >= 0.6 is 0 Å². The Bertz CT molecular complexity index is 724. The lowest BCUT2D eigenvalue weighted by Gasteiger charge is -2.44. The quantitative estimate of drug-likeness (QED) is 0.575. The fourth-order valence-corrected chi connectivity index (χ4v) is 5.01. The Kier molecular flexibility index (Phi) is 6.31. The minimum Gasteiger partial charge on any atom is -0.342 e. The predicted octanol–water partition coefficient (Wildman–Crippen LogP) is 6.44. The summed E-state index contributed by atoms with van der Waals surface area (Å²) >= 11 is 0. The number of rotatable bonds is 5. The van der Waals surface area contributed by atoms with Crippen LogP contribution in [-0.4, -0.2) is 13.2 Å². The molecule has 0 atom stereocenters. The number of hydrogen-bond acceptors (Lipinski definition) is 2. The standard InChI is InChI=1S/C25H30F2O2/c1-2-3-18-4-6-19(7-5-18)20-16-28-25(29-17-20,21-8-12-23(26)13-9-21)22-10-14-24(27)15-11-22/h8-15,18-20H,2-7,16-17H2,1H3. The van der Waals surface area contributed by atoms with Crippen molar-refractivity contribution in [2.24, 2.45) is 17.8 Å². The molecule has 2 aliphatic rings. The van der Waals surface area contributed by atoms with Gasteiger partial charge in [-0.1, -0.05) is 56.9 Å². The van der Waals surface area contributed by atoms with Crippen LogP contribution in [0.5, 0.6) is 0 Å². The molecule has 0 unspecified atom stereocenters. The molecule has 29 heavy (non-hydrogen) atoms. The molecule has 0 amide bonds. The summed E-state index contributed by atoms with van der Waals surface area (Å²) in [7, 11) is 0. The van der Waals surface area contributed by atoms with Crippen LogP contribution in [0.4, 0.5) is 8.78 Å². The van der Waals surface area contributed by atoms with E-state index in [2.05, 4.69) is 6.92 Å². The molecule has 2 aromatic carbocycles. The van der Waals surface area contributed by atoms with Crippen molar-refractivity contribution in [1.29, 1.82) is 0 Å². The highest BCUT2D eigenvalue weighted by molar-refractivity contribution is 5.34. The summed E-state index contributed by atoms with van der Waals surface area (Å²) in [5.41, 5.74) is 1.46. The second-order valence-electron chi connectivity index (χ2n) is 8.58. The van der Waals surface area contributed by atoms with E-state index in [1.54, 1.807) is 24.3 Å². The molecule has 0 N–H and O–H groups in total. The van der Waals surface area contributed by atoms with Crippen molar-refractivity contribution in [2.75, 3.05) is 13.2 Å². The molecule has 0 spiro atoms. The van der Waals surface area contributed by atoms with Crippen molar-refractivity contribution >= 4 is 0 Å². The van der Waals surface area contributed by atoms with Gasteiger partial charge in [-0.05, 0) is 48.9 Å². The molecule has 0 bridgehead atoms. The summed E-state index contributed by atoms with van der Waals surface area (Å²) in [5, 5.41) is 0. The van der Waals surface area contributed by atoms with Crippen molar-refractivity contribution in [3.8, 4) is 0 Å². The Morgan fingerprint density at radius 2 is 1.24 bits per heavy atom. The zero-order chi connectivity index (χ0) is 20.3. The van der Waals surface area contributed by atoms with Gasteiger partial charge in [-0.2, -0.15) is 0 Å². The highest BCUT2D eigenvalue weighted by atomic mass is 19.1. The lowest BCUT2D eigenvalue weighted by atomic mass is 9.74. The first kappa shape index (κ1) is 20.5. The van der Waals surface area contributed by atoms with Crippen LogP contribution in [0.3, 0.4) is 0 Å². The molecule has 156 valence electrons. The minimum atomic E-state index is -1.11. The molecule has 2 fully saturated rings. The normalized spacial score (nSPS) is 25.1. The second-order valence-corrected chi connectivity index (χ2v) is 8.58. The maximum atomic E-state index is 13.5. The lowest BCUT2D eigenvalue weighted by Crippen LogP contribution is -2.45. The average molecular weight is 401 g/mol. The van der Waals surface area contributed by atoms with E-state index in [0.29, 0.717) is 25.0 Å². The monoisotopic (exact) mass is 400 g/mol. The molecule has 2 nitrogen and oxygen atoms in total. The number of benzene rings is 2. The highest BCUT2D eigenvalue weighted by Crippen LogP contribution is 2.43. The average Bonchev–Trinajstić information content (AvgIpc) is 2.76. The molecule has 1 aliphatic carbocycles. The fourth-order valence-electron chi connectivity index (χ4n) is 5.01. The van der Waals surface area contributed by atoms with E-state index in [4.69, 9.17) is 9.47 Å². The van der Waals surface area contributed by atoms with Crippen LogP contribution in [0.2, 0.25) is 0 Å². The van der Waals surface area contributed by atoms with E-state index in [9.17, 15) is 8.78 Å². The number of halogens is 2. The van der Waals surface area contributed by atoms with Gasteiger partial charge < -0.3 is 9.47 Å². The summed E-state index contributed by atoms with van der Waals surface area (Å²) in [6.07, 6.45) is 7.68. The highest BCUT2D eigenvalue weighted by Gasteiger charge is 2.43. The third-order valence-electron chi connectivity index (χ3n) is 6.70. The van der Waals surface area contributed by atoms with E-state index < -0.39 is 5.79 Å². The summed E-state index contributed by atoms with van der Waals surface area (Å²) in [6, 6.07) is 12.4. The van der Waals surface area contributed by atoms with Gasteiger partial charge in [0.05, 0.1) is 13.2 Å². The van der Waals surface area contributed by atoms with Crippen LogP contribution in [0.1, 0.15) is 56.6 Å². The molecule has 1 saturated heterocycles.